The number of carbonyl (C=O) groups excluding carboxylic acids is 1. The number of furan rings is 1. The van der Waals surface area contributed by atoms with E-state index in [4.69, 9.17) is 4.42 Å². The van der Waals surface area contributed by atoms with E-state index in [0.717, 1.165) is 18.8 Å². The second-order valence-corrected chi connectivity index (χ2v) is 4.56. The van der Waals surface area contributed by atoms with Crippen LogP contribution in [0, 0.1) is 0 Å². The molecular formula is C14H15N3O2. The van der Waals surface area contributed by atoms with Gasteiger partial charge >= 0.3 is 0 Å². The molecule has 0 unspecified atom stereocenters. The van der Waals surface area contributed by atoms with E-state index in [1.54, 1.807) is 12.3 Å². The lowest BCUT2D eigenvalue weighted by Crippen LogP contribution is -2.18. The minimum absolute atomic E-state index is 0.213. The molecule has 0 radical (unpaired) electrons. The van der Waals surface area contributed by atoms with E-state index in [1.165, 1.54) is 25.4 Å². The predicted molar refractivity (Wildman–Crippen MR) is 72.3 cm³/mol. The average molecular weight is 257 g/mol. The van der Waals surface area contributed by atoms with Crippen LogP contribution in [0.5, 0.6) is 0 Å². The number of pyridine rings is 1. The van der Waals surface area contributed by atoms with E-state index in [1.807, 2.05) is 12.1 Å². The Balaban J connectivity index is 1.67. The van der Waals surface area contributed by atoms with Crippen molar-refractivity contribution in [2.75, 3.05) is 23.3 Å². The molecule has 2 aromatic heterocycles. The van der Waals surface area contributed by atoms with Crippen LogP contribution in [0.1, 0.15) is 23.2 Å². The Bertz CT molecular complexity index is 543. The summed E-state index contributed by atoms with van der Waals surface area (Å²) in [5.41, 5.74) is 1.60. The quantitative estimate of drug-likeness (QED) is 0.918. The van der Waals surface area contributed by atoms with Gasteiger partial charge in [0.15, 0.2) is 0 Å². The molecule has 1 amide bonds. The molecule has 2 aromatic rings. The molecule has 1 aliphatic heterocycles. The molecule has 0 bridgehead atoms. The van der Waals surface area contributed by atoms with E-state index >= 15 is 0 Å². The van der Waals surface area contributed by atoms with Gasteiger partial charge < -0.3 is 14.6 Å². The molecule has 19 heavy (non-hydrogen) atoms. The van der Waals surface area contributed by atoms with Crippen LogP contribution < -0.4 is 10.2 Å². The molecule has 1 saturated heterocycles. The number of rotatable bonds is 3. The van der Waals surface area contributed by atoms with Crippen LogP contribution in [-0.4, -0.2) is 24.0 Å². The number of aromatic nitrogens is 1. The SMILES string of the molecule is O=C(Nc1ccc(N2CCCC2)cn1)c1ccoc1. The molecule has 98 valence electrons. The molecule has 3 heterocycles. The predicted octanol–water partition coefficient (Wildman–Crippen LogP) is 2.53. The topological polar surface area (TPSA) is 58.4 Å². The third-order valence-electron chi connectivity index (χ3n) is 3.24. The summed E-state index contributed by atoms with van der Waals surface area (Å²) in [6, 6.07) is 5.43. The zero-order valence-electron chi connectivity index (χ0n) is 10.5. The Kier molecular flexibility index (Phi) is 3.18. The van der Waals surface area contributed by atoms with Gasteiger partial charge in [-0.2, -0.15) is 0 Å². The van der Waals surface area contributed by atoms with Crippen LogP contribution in [-0.2, 0) is 0 Å². The van der Waals surface area contributed by atoms with Gasteiger partial charge in [0.1, 0.15) is 12.1 Å². The number of carbonyl (C=O) groups is 1. The molecule has 5 nitrogen and oxygen atoms in total. The third-order valence-corrected chi connectivity index (χ3v) is 3.24. The summed E-state index contributed by atoms with van der Waals surface area (Å²) in [6.07, 6.45) is 7.15. The van der Waals surface area contributed by atoms with Crippen LogP contribution in [0.4, 0.5) is 11.5 Å². The van der Waals surface area contributed by atoms with Gasteiger partial charge in [-0.15, -0.1) is 0 Å². The van der Waals surface area contributed by atoms with E-state index in [-0.39, 0.29) is 5.91 Å². The molecule has 1 aliphatic rings. The summed E-state index contributed by atoms with van der Waals surface area (Å²) in [5.74, 6) is 0.337. The fourth-order valence-electron chi connectivity index (χ4n) is 2.20. The molecular weight excluding hydrogens is 242 g/mol. The van der Waals surface area contributed by atoms with Crippen molar-refractivity contribution in [3.05, 3.63) is 42.5 Å². The van der Waals surface area contributed by atoms with Gasteiger partial charge in [-0.25, -0.2) is 4.98 Å². The van der Waals surface area contributed by atoms with Crippen molar-refractivity contribution in [2.45, 2.75) is 12.8 Å². The molecule has 5 heteroatoms. The van der Waals surface area contributed by atoms with Crippen LogP contribution >= 0.6 is 0 Å². The first-order valence-corrected chi connectivity index (χ1v) is 6.37. The zero-order chi connectivity index (χ0) is 13.1. The second kappa shape index (κ2) is 5.14. The second-order valence-electron chi connectivity index (χ2n) is 4.56. The standard InChI is InChI=1S/C14H15N3O2/c18-14(11-5-8-19-10-11)16-13-4-3-12(9-15-13)17-6-1-2-7-17/h3-5,8-10H,1-2,6-7H2,(H,15,16,18). The van der Waals surface area contributed by atoms with Gasteiger partial charge in [-0.05, 0) is 31.0 Å². The monoisotopic (exact) mass is 257 g/mol. The highest BCUT2D eigenvalue weighted by Gasteiger charge is 2.13. The van der Waals surface area contributed by atoms with Gasteiger partial charge in [-0.3, -0.25) is 4.79 Å². The lowest BCUT2D eigenvalue weighted by molar-refractivity contribution is 0.102. The van der Waals surface area contributed by atoms with Crippen LogP contribution in [0.2, 0.25) is 0 Å². The van der Waals surface area contributed by atoms with Crippen molar-refractivity contribution in [3.63, 3.8) is 0 Å². The van der Waals surface area contributed by atoms with Gasteiger partial charge in [0.05, 0.1) is 23.7 Å². The maximum atomic E-state index is 11.8. The summed E-state index contributed by atoms with van der Waals surface area (Å²) in [4.78, 5) is 18.4. The first-order valence-electron chi connectivity index (χ1n) is 6.37. The molecule has 0 saturated carbocycles. The van der Waals surface area contributed by atoms with E-state index in [9.17, 15) is 4.79 Å². The summed E-state index contributed by atoms with van der Waals surface area (Å²) >= 11 is 0. The Morgan fingerprint density at radius 2 is 2.11 bits per heavy atom. The number of amides is 1. The Morgan fingerprint density at radius 3 is 2.74 bits per heavy atom. The minimum atomic E-state index is -0.213. The van der Waals surface area contributed by atoms with Gasteiger partial charge in [0.2, 0.25) is 0 Å². The molecule has 1 fully saturated rings. The number of anilines is 2. The fraction of sp³-hybridized carbons (Fsp3) is 0.286. The summed E-state index contributed by atoms with van der Waals surface area (Å²) in [6.45, 7) is 2.17. The zero-order valence-corrected chi connectivity index (χ0v) is 10.5. The fourth-order valence-corrected chi connectivity index (χ4v) is 2.20. The largest absolute Gasteiger partial charge is 0.472 e. The number of nitrogens with one attached hydrogen (secondary N) is 1. The lowest BCUT2D eigenvalue weighted by Gasteiger charge is -2.17. The highest BCUT2D eigenvalue weighted by molar-refractivity contribution is 6.03. The maximum absolute atomic E-state index is 11.8. The maximum Gasteiger partial charge on any atom is 0.260 e. The van der Waals surface area contributed by atoms with E-state index in [2.05, 4.69) is 15.2 Å². The van der Waals surface area contributed by atoms with Crippen molar-refractivity contribution in [1.82, 2.24) is 4.98 Å². The molecule has 0 aliphatic carbocycles. The van der Waals surface area contributed by atoms with Crippen molar-refractivity contribution in [3.8, 4) is 0 Å². The Labute approximate surface area is 111 Å². The van der Waals surface area contributed by atoms with Crippen molar-refractivity contribution < 1.29 is 9.21 Å². The minimum Gasteiger partial charge on any atom is -0.472 e. The highest BCUT2D eigenvalue weighted by atomic mass is 16.3. The van der Waals surface area contributed by atoms with Crippen molar-refractivity contribution in [1.29, 1.82) is 0 Å². The molecule has 0 atom stereocenters. The van der Waals surface area contributed by atoms with Crippen LogP contribution in [0.15, 0.2) is 41.3 Å². The van der Waals surface area contributed by atoms with Crippen LogP contribution in [0.25, 0.3) is 0 Å². The van der Waals surface area contributed by atoms with E-state index < -0.39 is 0 Å². The number of hydrogen-bond acceptors (Lipinski definition) is 4. The Morgan fingerprint density at radius 1 is 1.26 bits per heavy atom. The smallest absolute Gasteiger partial charge is 0.260 e. The molecule has 3 rings (SSSR count). The van der Waals surface area contributed by atoms with Gasteiger partial charge in [0, 0.05) is 13.1 Å². The summed E-state index contributed by atoms with van der Waals surface area (Å²) in [7, 11) is 0. The average Bonchev–Trinajstić information content (AvgIpc) is 3.13. The lowest BCUT2D eigenvalue weighted by atomic mass is 10.3. The number of nitrogens with zero attached hydrogens (tertiary/aromatic N) is 2. The van der Waals surface area contributed by atoms with Crippen LogP contribution in [0.3, 0.4) is 0 Å². The summed E-state index contributed by atoms with van der Waals surface area (Å²) in [5, 5.41) is 2.73. The first-order chi connectivity index (χ1) is 9.33. The summed E-state index contributed by atoms with van der Waals surface area (Å²) < 4.78 is 4.87. The van der Waals surface area contributed by atoms with E-state index in [0.29, 0.717) is 11.4 Å². The normalized spacial score (nSPS) is 14.6. The molecule has 1 N–H and O–H groups in total. The van der Waals surface area contributed by atoms with Gasteiger partial charge in [0.25, 0.3) is 5.91 Å². The third kappa shape index (κ3) is 2.59. The van der Waals surface area contributed by atoms with Crippen molar-refractivity contribution >= 4 is 17.4 Å². The molecule has 0 aromatic carbocycles. The first kappa shape index (κ1) is 11.8. The Hall–Kier alpha value is -2.30. The van der Waals surface area contributed by atoms with Gasteiger partial charge in [-0.1, -0.05) is 0 Å². The highest BCUT2D eigenvalue weighted by Crippen LogP contribution is 2.20. The molecule has 0 spiro atoms. The number of hydrogen-bond donors (Lipinski definition) is 1. The van der Waals surface area contributed by atoms with Crippen molar-refractivity contribution in [2.24, 2.45) is 0 Å².